The first-order valence-electron chi connectivity index (χ1n) is 13.1. The van der Waals surface area contributed by atoms with Gasteiger partial charge in [-0.25, -0.2) is 0 Å². The highest BCUT2D eigenvalue weighted by molar-refractivity contribution is 6.31. The molecule has 3 aliphatic rings. The van der Waals surface area contributed by atoms with Gasteiger partial charge in [-0.3, -0.25) is 9.59 Å². The van der Waals surface area contributed by atoms with Crippen LogP contribution in [0, 0.1) is 0 Å². The molecule has 0 saturated carbocycles. The Balaban J connectivity index is 1.66. The highest BCUT2D eigenvalue weighted by atomic mass is 16.6. The minimum Gasteiger partial charge on any atom is -0.374 e. The molecule has 4 atom stereocenters. The number of benzene rings is 3. The molecule has 5 heterocycles. The summed E-state index contributed by atoms with van der Waals surface area (Å²) in [6.45, 7) is 4.16. The van der Waals surface area contributed by atoms with Crippen molar-refractivity contribution in [3.63, 3.8) is 0 Å². The Morgan fingerprint density at radius 3 is 2.47 bits per heavy atom. The number of methoxy groups -OCH3 is 1. The van der Waals surface area contributed by atoms with Gasteiger partial charge in [0.05, 0.1) is 33.7 Å². The number of para-hydroxylation sites is 2. The number of fused-ring (bicyclic) bond motifs is 13. The van der Waals surface area contributed by atoms with Crippen LogP contribution < -0.4 is 5.32 Å². The van der Waals surface area contributed by atoms with Crippen molar-refractivity contribution >= 4 is 55.4 Å². The van der Waals surface area contributed by atoms with Crippen molar-refractivity contribution in [2.24, 2.45) is 0 Å². The van der Waals surface area contributed by atoms with E-state index in [0.29, 0.717) is 13.0 Å². The van der Waals surface area contributed by atoms with Gasteiger partial charge in [0.2, 0.25) is 5.91 Å². The van der Waals surface area contributed by atoms with Gasteiger partial charge in [-0.2, -0.15) is 0 Å². The topological polar surface area (TPSA) is 77.7 Å². The number of likely N-dealkylation sites (N-methyl/N-ethyl adjacent to an activating group) is 1. The number of ether oxygens (including phenoxy) is 2. The number of aromatic nitrogens is 2. The van der Waals surface area contributed by atoms with Crippen LogP contribution in [-0.4, -0.2) is 52.2 Å². The standard InChI is InChI=1S/C30H28N4O4/c1-15(35)32(3)21-13-22-33-19-11-7-5-9-16(19)24-25-18(14-31-29(25)36)23-17-10-6-8-12-20(17)34(27(23)26(24)33)30(2,38-22)28(21)37-4/h5-12,21-22,28H,13-14H2,1-4H3,(H,31,36)/t21-,22-,28-,30+/m1/s1. The lowest BCUT2D eigenvalue weighted by Crippen LogP contribution is -2.61. The summed E-state index contributed by atoms with van der Waals surface area (Å²) >= 11 is 0. The molecular weight excluding hydrogens is 480 g/mol. The second kappa shape index (κ2) is 7.15. The minimum atomic E-state index is -0.926. The molecule has 192 valence electrons. The molecule has 0 radical (unpaired) electrons. The number of carbonyl (C=O) groups excluding carboxylic acids is 2. The van der Waals surface area contributed by atoms with Crippen LogP contribution in [0.2, 0.25) is 0 Å². The van der Waals surface area contributed by atoms with Crippen LogP contribution in [0.15, 0.2) is 48.5 Å². The number of hydrogen-bond donors (Lipinski definition) is 1. The van der Waals surface area contributed by atoms with Gasteiger partial charge in [0.15, 0.2) is 5.72 Å². The third-order valence-electron chi connectivity index (χ3n) is 9.19. The van der Waals surface area contributed by atoms with Crippen LogP contribution in [-0.2, 0) is 26.5 Å². The van der Waals surface area contributed by atoms with E-state index in [2.05, 4.69) is 45.6 Å². The fourth-order valence-corrected chi connectivity index (χ4v) is 7.63. The largest absolute Gasteiger partial charge is 0.374 e. The average molecular weight is 509 g/mol. The second-order valence-corrected chi connectivity index (χ2v) is 10.9. The van der Waals surface area contributed by atoms with E-state index >= 15 is 0 Å². The summed E-state index contributed by atoms with van der Waals surface area (Å²) in [5, 5.41) is 7.27. The quantitative estimate of drug-likeness (QED) is 0.378. The minimum absolute atomic E-state index is 0.0162. The first-order chi connectivity index (χ1) is 18.4. The molecule has 2 bridgehead atoms. The third-order valence-corrected chi connectivity index (χ3v) is 9.19. The summed E-state index contributed by atoms with van der Waals surface area (Å²) in [5.74, 6) is -0.0533. The van der Waals surface area contributed by atoms with Crippen LogP contribution >= 0.6 is 0 Å². The van der Waals surface area contributed by atoms with Crippen molar-refractivity contribution < 1.29 is 19.1 Å². The molecule has 2 amide bonds. The summed E-state index contributed by atoms with van der Waals surface area (Å²) in [5.41, 5.74) is 4.95. The number of carbonyl (C=O) groups is 2. The van der Waals surface area contributed by atoms with Gasteiger partial charge < -0.3 is 28.8 Å². The van der Waals surface area contributed by atoms with E-state index in [1.165, 1.54) is 0 Å². The predicted octanol–water partition coefficient (Wildman–Crippen LogP) is 4.61. The smallest absolute Gasteiger partial charge is 0.252 e. The van der Waals surface area contributed by atoms with E-state index in [0.717, 1.165) is 54.7 Å². The molecule has 8 rings (SSSR count). The number of nitrogens with one attached hydrogen (secondary N) is 1. The molecular formula is C30H28N4O4. The van der Waals surface area contributed by atoms with Gasteiger partial charge in [0.25, 0.3) is 5.91 Å². The van der Waals surface area contributed by atoms with Gasteiger partial charge in [-0.1, -0.05) is 36.4 Å². The van der Waals surface area contributed by atoms with E-state index in [1.807, 2.05) is 31.3 Å². The SMILES string of the molecule is CO[C@@H]1[C@H](N(C)C(C)=O)C[C@H]2O[C@]1(C)n1c3ccccc3c3c4c(c5c6ccccc6n2c5c31)C(=O)NC4. The van der Waals surface area contributed by atoms with Crippen LogP contribution in [0.25, 0.3) is 43.6 Å². The lowest BCUT2D eigenvalue weighted by Gasteiger charge is -2.50. The highest BCUT2D eigenvalue weighted by Crippen LogP contribution is 2.54. The zero-order valence-corrected chi connectivity index (χ0v) is 21.7. The average Bonchev–Trinajstić information content (AvgIpc) is 3.55. The molecule has 0 unspecified atom stereocenters. The predicted molar refractivity (Wildman–Crippen MR) is 145 cm³/mol. The summed E-state index contributed by atoms with van der Waals surface area (Å²) in [6, 6.07) is 16.4. The van der Waals surface area contributed by atoms with Crippen LogP contribution in [0.5, 0.6) is 0 Å². The fraction of sp³-hybridized carbons (Fsp3) is 0.333. The second-order valence-electron chi connectivity index (χ2n) is 10.9. The maximum Gasteiger partial charge on any atom is 0.252 e. The van der Waals surface area contributed by atoms with Crippen LogP contribution in [0.1, 0.15) is 42.4 Å². The van der Waals surface area contributed by atoms with E-state index in [4.69, 9.17) is 9.47 Å². The third kappa shape index (κ3) is 2.39. The Hall–Kier alpha value is -3.88. The highest BCUT2D eigenvalue weighted by Gasteiger charge is 2.54. The summed E-state index contributed by atoms with van der Waals surface area (Å²) in [4.78, 5) is 27.9. The molecule has 1 saturated heterocycles. The van der Waals surface area contributed by atoms with Crippen molar-refractivity contribution in [1.29, 1.82) is 0 Å². The Morgan fingerprint density at radius 1 is 1.08 bits per heavy atom. The van der Waals surface area contributed by atoms with E-state index in [-0.39, 0.29) is 24.1 Å². The molecule has 5 aromatic rings. The van der Waals surface area contributed by atoms with Crippen molar-refractivity contribution in [2.45, 2.75) is 50.9 Å². The van der Waals surface area contributed by atoms with Gasteiger partial charge in [0, 0.05) is 55.6 Å². The fourth-order valence-electron chi connectivity index (χ4n) is 7.63. The lowest BCUT2D eigenvalue weighted by atomic mass is 9.91. The summed E-state index contributed by atoms with van der Waals surface area (Å²) in [7, 11) is 3.54. The number of amides is 2. The van der Waals surface area contributed by atoms with Crippen molar-refractivity contribution in [2.75, 3.05) is 14.2 Å². The Morgan fingerprint density at radius 2 is 1.76 bits per heavy atom. The maximum atomic E-state index is 13.4. The summed E-state index contributed by atoms with van der Waals surface area (Å²) < 4.78 is 17.9. The normalized spacial score (nSPS) is 25.9. The van der Waals surface area contributed by atoms with E-state index in [1.54, 1.807) is 18.9 Å². The number of hydrogen-bond acceptors (Lipinski definition) is 4. The monoisotopic (exact) mass is 508 g/mol. The first-order valence-corrected chi connectivity index (χ1v) is 13.1. The van der Waals surface area contributed by atoms with E-state index in [9.17, 15) is 9.59 Å². The van der Waals surface area contributed by atoms with E-state index < -0.39 is 11.8 Å². The molecule has 3 aromatic carbocycles. The van der Waals surface area contributed by atoms with Crippen molar-refractivity contribution in [3.8, 4) is 0 Å². The van der Waals surface area contributed by atoms with Crippen LogP contribution in [0.4, 0.5) is 0 Å². The molecule has 1 fully saturated rings. The maximum absolute atomic E-state index is 13.4. The Labute approximate surface area is 218 Å². The molecule has 8 heteroatoms. The Kier molecular flexibility index (Phi) is 4.17. The Bertz CT molecular complexity index is 1880. The first kappa shape index (κ1) is 22.1. The molecule has 2 aromatic heterocycles. The zero-order valence-electron chi connectivity index (χ0n) is 21.7. The molecule has 38 heavy (non-hydrogen) atoms. The molecule has 3 aliphatic heterocycles. The number of nitrogens with zero attached hydrogens (tertiary/aromatic N) is 3. The van der Waals surface area contributed by atoms with Crippen LogP contribution in [0.3, 0.4) is 0 Å². The van der Waals surface area contributed by atoms with Gasteiger partial charge >= 0.3 is 0 Å². The lowest BCUT2D eigenvalue weighted by molar-refractivity contribution is -0.266. The molecule has 1 N–H and O–H groups in total. The molecule has 8 nitrogen and oxygen atoms in total. The van der Waals surface area contributed by atoms with Gasteiger partial charge in [0.1, 0.15) is 12.3 Å². The summed E-state index contributed by atoms with van der Waals surface area (Å²) in [6.07, 6.45) is -0.235. The van der Waals surface area contributed by atoms with Crippen molar-refractivity contribution in [1.82, 2.24) is 19.4 Å². The van der Waals surface area contributed by atoms with Gasteiger partial charge in [-0.05, 0) is 24.6 Å². The number of rotatable bonds is 2. The molecule has 0 aliphatic carbocycles. The zero-order chi connectivity index (χ0) is 26.1. The van der Waals surface area contributed by atoms with Crippen molar-refractivity contribution in [3.05, 3.63) is 59.7 Å². The molecule has 0 spiro atoms. The van der Waals surface area contributed by atoms with Gasteiger partial charge in [-0.15, -0.1) is 0 Å².